The molecule has 1 fully saturated rings. The molecular weight excluding hydrogens is 386 g/mol. The molecule has 156 valence electrons. The molecule has 1 amide bonds. The summed E-state index contributed by atoms with van der Waals surface area (Å²) in [6, 6.07) is 17.3. The molecule has 2 N–H and O–H groups in total. The van der Waals surface area contributed by atoms with Crippen molar-refractivity contribution in [3.05, 3.63) is 60.2 Å². The van der Waals surface area contributed by atoms with Crippen LogP contribution in [-0.4, -0.2) is 50.9 Å². The first-order valence-electron chi connectivity index (χ1n) is 10.1. The molecule has 1 aliphatic heterocycles. The van der Waals surface area contributed by atoms with E-state index >= 15 is 0 Å². The third-order valence-electron chi connectivity index (χ3n) is 5.58. The zero-order valence-electron chi connectivity index (χ0n) is 17.1. The first kappa shape index (κ1) is 21.5. The summed E-state index contributed by atoms with van der Waals surface area (Å²) >= 11 is 0. The van der Waals surface area contributed by atoms with Gasteiger partial charge in [-0.3, -0.25) is 4.79 Å². The maximum absolute atomic E-state index is 12.9. The van der Waals surface area contributed by atoms with Gasteiger partial charge in [-0.15, -0.1) is 0 Å². The molecule has 0 radical (unpaired) electrons. The Morgan fingerprint density at radius 2 is 1.69 bits per heavy atom. The Labute approximate surface area is 173 Å². The van der Waals surface area contributed by atoms with E-state index in [0.29, 0.717) is 24.8 Å². The highest BCUT2D eigenvalue weighted by atomic mass is 32.2. The average molecular weight is 417 g/mol. The van der Waals surface area contributed by atoms with E-state index in [9.17, 15) is 13.2 Å². The Morgan fingerprint density at radius 1 is 1.07 bits per heavy atom. The second-order valence-corrected chi connectivity index (χ2v) is 9.63. The Balaban J connectivity index is 1.54. The predicted molar refractivity (Wildman–Crippen MR) is 114 cm³/mol. The summed E-state index contributed by atoms with van der Waals surface area (Å²) in [4.78, 5) is 12.9. The molecule has 6 nitrogen and oxygen atoms in total. The second-order valence-electron chi connectivity index (χ2n) is 7.69. The van der Waals surface area contributed by atoms with Crippen LogP contribution in [0.3, 0.4) is 0 Å². The molecule has 29 heavy (non-hydrogen) atoms. The molecule has 0 spiro atoms. The molecule has 1 aliphatic rings. The van der Waals surface area contributed by atoms with E-state index in [1.54, 1.807) is 28.6 Å². The standard InChI is InChI=1S/C22H29N3O3S/c1-18(8-9-20-6-4-3-5-7-20)24-14-16-25(17-15-24)29(27,28)22-12-10-21(11-13-22)23-19(2)26/h3-7,10-13,18H,8-9,14-17H2,1-2H3,(H,23,26)/p+1/t18-/m0/s1. The third-order valence-corrected chi connectivity index (χ3v) is 7.50. The van der Waals surface area contributed by atoms with Gasteiger partial charge in [0.05, 0.1) is 37.1 Å². The van der Waals surface area contributed by atoms with Crippen molar-refractivity contribution in [2.75, 3.05) is 31.5 Å². The summed E-state index contributed by atoms with van der Waals surface area (Å²) in [5.74, 6) is -0.180. The summed E-state index contributed by atoms with van der Waals surface area (Å²) in [6.07, 6.45) is 2.14. The topological polar surface area (TPSA) is 70.9 Å². The van der Waals surface area contributed by atoms with Crippen LogP contribution in [0.5, 0.6) is 0 Å². The zero-order chi connectivity index (χ0) is 20.9. The summed E-state index contributed by atoms with van der Waals surface area (Å²) in [7, 11) is -3.50. The molecule has 1 atom stereocenters. The van der Waals surface area contributed by atoms with E-state index in [4.69, 9.17) is 0 Å². The van der Waals surface area contributed by atoms with Crippen molar-refractivity contribution < 1.29 is 18.1 Å². The van der Waals surface area contributed by atoms with Gasteiger partial charge in [-0.2, -0.15) is 4.31 Å². The summed E-state index contributed by atoms with van der Waals surface area (Å²) in [5, 5.41) is 2.65. The highest BCUT2D eigenvalue weighted by molar-refractivity contribution is 7.89. The number of quaternary nitrogens is 1. The molecule has 0 aromatic heterocycles. The number of piperazine rings is 1. The molecule has 2 aromatic rings. The monoisotopic (exact) mass is 416 g/mol. The fourth-order valence-corrected chi connectivity index (χ4v) is 5.24. The smallest absolute Gasteiger partial charge is 0.243 e. The van der Waals surface area contributed by atoms with E-state index in [-0.39, 0.29) is 10.8 Å². The molecule has 1 heterocycles. The fourth-order valence-electron chi connectivity index (χ4n) is 3.80. The minimum atomic E-state index is -3.50. The SMILES string of the molecule is CC(=O)Nc1ccc(S(=O)(=O)N2CC[NH+]([C@@H](C)CCc3ccccc3)CC2)cc1. The number of benzene rings is 2. The van der Waals surface area contributed by atoms with E-state index in [0.717, 1.165) is 25.9 Å². The lowest BCUT2D eigenvalue weighted by molar-refractivity contribution is -0.927. The van der Waals surface area contributed by atoms with Crippen molar-refractivity contribution in [2.24, 2.45) is 0 Å². The van der Waals surface area contributed by atoms with E-state index < -0.39 is 10.0 Å². The van der Waals surface area contributed by atoms with Crippen molar-refractivity contribution in [3.8, 4) is 0 Å². The minimum Gasteiger partial charge on any atom is -0.331 e. The van der Waals surface area contributed by atoms with Crippen molar-refractivity contribution in [3.63, 3.8) is 0 Å². The zero-order valence-corrected chi connectivity index (χ0v) is 17.9. The van der Waals surface area contributed by atoms with Crippen LogP contribution in [0.25, 0.3) is 0 Å². The van der Waals surface area contributed by atoms with Gasteiger partial charge in [-0.05, 0) is 43.2 Å². The number of hydrogen-bond donors (Lipinski definition) is 2. The number of hydrogen-bond acceptors (Lipinski definition) is 3. The Bertz CT molecular complexity index is 906. The van der Waals surface area contributed by atoms with Crippen molar-refractivity contribution >= 4 is 21.6 Å². The highest BCUT2D eigenvalue weighted by Crippen LogP contribution is 2.18. The second kappa shape index (κ2) is 9.52. The summed E-state index contributed by atoms with van der Waals surface area (Å²) in [5.41, 5.74) is 1.95. The molecular formula is C22H30N3O3S+. The summed E-state index contributed by atoms with van der Waals surface area (Å²) < 4.78 is 27.5. The average Bonchev–Trinajstić information content (AvgIpc) is 2.73. The maximum Gasteiger partial charge on any atom is 0.243 e. The first-order valence-corrected chi connectivity index (χ1v) is 11.6. The lowest BCUT2D eigenvalue weighted by Crippen LogP contribution is -3.18. The van der Waals surface area contributed by atoms with Crippen LogP contribution in [0.4, 0.5) is 5.69 Å². The van der Waals surface area contributed by atoms with Crippen molar-refractivity contribution in [2.45, 2.75) is 37.6 Å². The van der Waals surface area contributed by atoms with E-state index in [1.807, 2.05) is 6.07 Å². The number of aryl methyl sites for hydroxylation is 1. The Kier molecular flexibility index (Phi) is 7.05. The Morgan fingerprint density at radius 3 is 2.28 bits per heavy atom. The van der Waals surface area contributed by atoms with Crippen LogP contribution in [0.2, 0.25) is 0 Å². The minimum absolute atomic E-state index is 0.180. The van der Waals surface area contributed by atoms with Gasteiger partial charge in [0.25, 0.3) is 0 Å². The predicted octanol–water partition coefficient (Wildman–Crippen LogP) is 1.56. The van der Waals surface area contributed by atoms with Crippen LogP contribution in [0, 0.1) is 0 Å². The van der Waals surface area contributed by atoms with E-state index in [2.05, 4.69) is 36.5 Å². The molecule has 0 aliphatic carbocycles. The van der Waals surface area contributed by atoms with Gasteiger partial charge in [0.2, 0.25) is 15.9 Å². The third kappa shape index (κ3) is 5.65. The van der Waals surface area contributed by atoms with Gasteiger partial charge in [0.15, 0.2) is 0 Å². The van der Waals surface area contributed by atoms with Gasteiger partial charge in [0, 0.05) is 19.0 Å². The highest BCUT2D eigenvalue weighted by Gasteiger charge is 2.32. The molecule has 0 saturated carbocycles. The molecule has 0 unspecified atom stereocenters. The van der Waals surface area contributed by atoms with Gasteiger partial charge < -0.3 is 10.2 Å². The van der Waals surface area contributed by atoms with Crippen LogP contribution < -0.4 is 10.2 Å². The van der Waals surface area contributed by atoms with Crippen LogP contribution in [0.1, 0.15) is 25.8 Å². The number of carbonyl (C=O) groups excluding carboxylic acids is 1. The molecule has 0 bridgehead atoms. The van der Waals surface area contributed by atoms with Gasteiger partial charge in [-0.1, -0.05) is 30.3 Å². The molecule has 3 rings (SSSR count). The number of nitrogens with zero attached hydrogens (tertiary/aromatic N) is 1. The van der Waals surface area contributed by atoms with Crippen molar-refractivity contribution in [1.29, 1.82) is 0 Å². The lowest BCUT2D eigenvalue weighted by atomic mass is 10.0. The number of amides is 1. The molecule has 1 saturated heterocycles. The first-order chi connectivity index (χ1) is 13.9. The largest absolute Gasteiger partial charge is 0.331 e. The number of rotatable bonds is 7. The number of nitrogens with one attached hydrogen (secondary N) is 2. The lowest BCUT2D eigenvalue weighted by Gasteiger charge is -2.35. The molecule has 2 aromatic carbocycles. The number of carbonyl (C=O) groups is 1. The van der Waals surface area contributed by atoms with Crippen LogP contribution in [0.15, 0.2) is 59.5 Å². The fraction of sp³-hybridized carbons (Fsp3) is 0.409. The maximum atomic E-state index is 12.9. The summed E-state index contributed by atoms with van der Waals surface area (Å²) in [6.45, 7) is 6.37. The quantitative estimate of drug-likeness (QED) is 0.720. The van der Waals surface area contributed by atoms with E-state index in [1.165, 1.54) is 17.4 Å². The van der Waals surface area contributed by atoms with Crippen molar-refractivity contribution in [1.82, 2.24) is 4.31 Å². The van der Waals surface area contributed by atoms with Gasteiger partial charge >= 0.3 is 0 Å². The van der Waals surface area contributed by atoms with Crippen LogP contribution in [-0.2, 0) is 21.2 Å². The number of sulfonamides is 1. The van der Waals surface area contributed by atoms with Crippen LogP contribution >= 0.6 is 0 Å². The van der Waals surface area contributed by atoms with Gasteiger partial charge in [0.1, 0.15) is 0 Å². The van der Waals surface area contributed by atoms with Gasteiger partial charge in [-0.25, -0.2) is 8.42 Å². The normalized spacial score (nSPS) is 17.0. The number of anilines is 1. The molecule has 7 heteroatoms. The Hall–Kier alpha value is -2.22.